The summed E-state index contributed by atoms with van der Waals surface area (Å²) < 4.78 is 9.55. The number of hydrogen-bond acceptors (Lipinski definition) is 4. The van der Waals surface area contributed by atoms with Crippen molar-refractivity contribution in [2.45, 2.75) is 20.0 Å². The first-order chi connectivity index (χ1) is 15.6. The van der Waals surface area contributed by atoms with Crippen LogP contribution < -0.4 is 4.74 Å². The van der Waals surface area contributed by atoms with Gasteiger partial charge in [-0.25, -0.2) is 4.68 Å². The number of benzene rings is 2. The number of aryl methyl sites for hydroxylation is 1. The zero-order valence-corrected chi connectivity index (χ0v) is 18.6. The van der Waals surface area contributed by atoms with Crippen molar-refractivity contribution in [3.8, 4) is 5.75 Å². The number of halogens is 1. The first-order valence-corrected chi connectivity index (χ1v) is 10.7. The molecule has 6 nitrogen and oxygen atoms in total. The minimum absolute atomic E-state index is 0.598. The standard InChI is InChI=1S/C25H22ClN5O/c1-17-25-23(11-12-27-17)22-10-9-21(32-2)14-24(22)31(25)16-20-15-30(29-28-20)13-3-4-18-5-7-19(26)8-6-18/h3-12,14-15H,13,16H2,1-2H3/b4-3+. The normalized spacial score (nSPS) is 11.7. The highest BCUT2D eigenvalue weighted by Gasteiger charge is 2.15. The van der Waals surface area contributed by atoms with Crippen molar-refractivity contribution in [3.63, 3.8) is 0 Å². The van der Waals surface area contributed by atoms with E-state index in [0.29, 0.717) is 13.1 Å². The smallest absolute Gasteiger partial charge is 0.120 e. The van der Waals surface area contributed by atoms with Crippen LogP contribution in [-0.2, 0) is 13.1 Å². The Hall–Kier alpha value is -3.64. The molecular formula is C25H22ClN5O. The zero-order valence-electron chi connectivity index (χ0n) is 17.9. The number of pyridine rings is 1. The molecule has 5 aromatic rings. The molecule has 2 aromatic carbocycles. The molecule has 0 aliphatic rings. The van der Waals surface area contributed by atoms with Crippen LogP contribution in [0.25, 0.3) is 27.9 Å². The van der Waals surface area contributed by atoms with E-state index in [9.17, 15) is 0 Å². The Morgan fingerprint density at radius 3 is 2.72 bits per heavy atom. The van der Waals surface area contributed by atoms with E-state index in [1.807, 2.05) is 60.4 Å². The van der Waals surface area contributed by atoms with Crippen molar-refractivity contribution in [2.24, 2.45) is 0 Å². The van der Waals surface area contributed by atoms with Crippen LogP contribution in [0.1, 0.15) is 17.0 Å². The van der Waals surface area contributed by atoms with E-state index in [-0.39, 0.29) is 0 Å². The molecule has 0 bridgehead atoms. The maximum Gasteiger partial charge on any atom is 0.120 e. The lowest BCUT2D eigenvalue weighted by Gasteiger charge is -2.07. The Morgan fingerprint density at radius 2 is 1.91 bits per heavy atom. The molecule has 0 spiro atoms. The van der Waals surface area contributed by atoms with Crippen LogP contribution in [0.15, 0.2) is 67.0 Å². The van der Waals surface area contributed by atoms with E-state index in [1.54, 1.807) is 7.11 Å². The van der Waals surface area contributed by atoms with Gasteiger partial charge < -0.3 is 9.30 Å². The third-order valence-electron chi connectivity index (χ3n) is 5.54. The van der Waals surface area contributed by atoms with Gasteiger partial charge in [0.15, 0.2) is 0 Å². The molecule has 0 N–H and O–H groups in total. The molecule has 0 saturated carbocycles. The summed E-state index contributed by atoms with van der Waals surface area (Å²) in [6.45, 7) is 3.27. The number of allylic oxidation sites excluding steroid dienone is 1. The number of methoxy groups -OCH3 is 1. The molecule has 5 rings (SSSR count). The number of hydrogen-bond donors (Lipinski definition) is 0. The molecule has 7 heteroatoms. The largest absolute Gasteiger partial charge is 0.497 e. The van der Waals surface area contributed by atoms with Crippen LogP contribution in [0.5, 0.6) is 5.75 Å². The Kier molecular flexibility index (Phi) is 5.37. The SMILES string of the molecule is COc1ccc2c3ccnc(C)c3n(Cc3cn(C/C=C/c4ccc(Cl)cc4)nn3)c2c1. The lowest BCUT2D eigenvalue weighted by molar-refractivity contribution is 0.415. The van der Waals surface area contributed by atoms with Crippen LogP contribution in [0, 0.1) is 6.92 Å². The highest BCUT2D eigenvalue weighted by Crippen LogP contribution is 2.33. The van der Waals surface area contributed by atoms with Gasteiger partial charge in [0.05, 0.1) is 43.1 Å². The van der Waals surface area contributed by atoms with Crippen molar-refractivity contribution in [1.82, 2.24) is 24.5 Å². The average Bonchev–Trinajstić information content (AvgIpc) is 3.38. The Labute approximate surface area is 190 Å². The monoisotopic (exact) mass is 443 g/mol. The summed E-state index contributed by atoms with van der Waals surface area (Å²) in [6, 6.07) is 16.0. The van der Waals surface area contributed by atoms with Crippen LogP contribution >= 0.6 is 11.6 Å². The summed E-state index contributed by atoms with van der Waals surface area (Å²) >= 11 is 5.94. The highest BCUT2D eigenvalue weighted by atomic mass is 35.5. The third kappa shape index (κ3) is 3.85. The van der Waals surface area contributed by atoms with Gasteiger partial charge >= 0.3 is 0 Å². The zero-order chi connectivity index (χ0) is 22.1. The van der Waals surface area contributed by atoms with Crippen molar-refractivity contribution < 1.29 is 4.74 Å². The highest BCUT2D eigenvalue weighted by molar-refractivity contribution is 6.30. The Balaban J connectivity index is 1.44. The topological polar surface area (TPSA) is 57.8 Å². The van der Waals surface area contributed by atoms with Crippen molar-refractivity contribution in [1.29, 1.82) is 0 Å². The molecule has 0 unspecified atom stereocenters. The first-order valence-electron chi connectivity index (χ1n) is 10.3. The van der Waals surface area contributed by atoms with E-state index in [1.165, 1.54) is 10.8 Å². The van der Waals surface area contributed by atoms with Gasteiger partial charge in [0, 0.05) is 28.1 Å². The molecule has 0 aliphatic heterocycles. The summed E-state index contributed by atoms with van der Waals surface area (Å²) in [7, 11) is 1.68. The van der Waals surface area contributed by atoms with Crippen LogP contribution in [-0.4, -0.2) is 31.7 Å². The fourth-order valence-electron chi connectivity index (χ4n) is 4.02. The summed E-state index contributed by atoms with van der Waals surface area (Å²) in [5, 5.41) is 11.8. The quantitative estimate of drug-likeness (QED) is 0.347. The van der Waals surface area contributed by atoms with Crippen molar-refractivity contribution >= 4 is 39.5 Å². The van der Waals surface area contributed by atoms with E-state index in [2.05, 4.69) is 44.1 Å². The number of fused-ring (bicyclic) bond motifs is 3. The molecule has 3 heterocycles. The average molecular weight is 444 g/mol. The molecule has 0 aliphatic carbocycles. The van der Waals surface area contributed by atoms with E-state index in [4.69, 9.17) is 16.3 Å². The van der Waals surface area contributed by atoms with Crippen LogP contribution in [0.4, 0.5) is 0 Å². The first kappa shape index (κ1) is 20.3. The molecule has 160 valence electrons. The lowest BCUT2D eigenvalue weighted by Crippen LogP contribution is -2.02. The predicted octanol–water partition coefficient (Wildman–Crippen LogP) is 5.51. The minimum Gasteiger partial charge on any atom is -0.497 e. The molecule has 3 aromatic heterocycles. The van der Waals surface area contributed by atoms with Gasteiger partial charge in [0.1, 0.15) is 11.4 Å². The number of ether oxygens (including phenoxy) is 1. The second kappa shape index (κ2) is 8.48. The second-order valence-corrected chi connectivity index (χ2v) is 8.08. The molecule has 0 fully saturated rings. The van der Waals surface area contributed by atoms with Gasteiger partial charge in [0.2, 0.25) is 0 Å². The maximum absolute atomic E-state index is 5.94. The van der Waals surface area contributed by atoms with Gasteiger partial charge in [-0.1, -0.05) is 41.1 Å². The maximum atomic E-state index is 5.94. The molecule has 0 atom stereocenters. The van der Waals surface area contributed by atoms with Crippen molar-refractivity contribution in [3.05, 3.63) is 89.0 Å². The fourth-order valence-corrected chi connectivity index (χ4v) is 4.15. The fraction of sp³-hybridized carbons (Fsp3) is 0.160. The molecule has 0 amide bonds. The lowest BCUT2D eigenvalue weighted by atomic mass is 10.1. The van der Waals surface area contributed by atoms with E-state index < -0.39 is 0 Å². The third-order valence-corrected chi connectivity index (χ3v) is 5.79. The molecular weight excluding hydrogens is 422 g/mol. The summed E-state index contributed by atoms with van der Waals surface area (Å²) in [4.78, 5) is 4.52. The number of nitrogens with zero attached hydrogens (tertiary/aromatic N) is 5. The minimum atomic E-state index is 0.598. The second-order valence-electron chi connectivity index (χ2n) is 7.65. The van der Waals surface area contributed by atoms with Gasteiger partial charge in [-0.15, -0.1) is 5.10 Å². The molecule has 0 radical (unpaired) electrons. The predicted molar refractivity (Wildman–Crippen MR) is 128 cm³/mol. The van der Waals surface area contributed by atoms with E-state index >= 15 is 0 Å². The van der Waals surface area contributed by atoms with Gasteiger partial charge in [-0.2, -0.15) is 0 Å². The van der Waals surface area contributed by atoms with Crippen LogP contribution in [0.2, 0.25) is 5.02 Å². The summed E-state index contributed by atoms with van der Waals surface area (Å²) in [6.07, 6.45) is 7.94. The van der Waals surface area contributed by atoms with Gasteiger partial charge in [-0.05, 0) is 42.8 Å². The Bertz CT molecular complexity index is 1430. The number of aromatic nitrogens is 5. The summed E-state index contributed by atoms with van der Waals surface area (Å²) in [5.41, 5.74) is 5.16. The number of rotatable bonds is 6. The van der Waals surface area contributed by atoms with E-state index in [0.717, 1.165) is 38.8 Å². The Morgan fingerprint density at radius 1 is 1.06 bits per heavy atom. The molecule has 0 saturated heterocycles. The van der Waals surface area contributed by atoms with Gasteiger partial charge in [0.25, 0.3) is 0 Å². The molecule has 32 heavy (non-hydrogen) atoms. The summed E-state index contributed by atoms with van der Waals surface area (Å²) in [5.74, 6) is 0.822. The van der Waals surface area contributed by atoms with Crippen LogP contribution in [0.3, 0.4) is 0 Å². The van der Waals surface area contributed by atoms with Gasteiger partial charge in [-0.3, -0.25) is 4.98 Å². The van der Waals surface area contributed by atoms with Crippen molar-refractivity contribution in [2.75, 3.05) is 7.11 Å².